The van der Waals surface area contributed by atoms with Gasteiger partial charge < -0.3 is 15.0 Å². The summed E-state index contributed by atoms with van der Waals surface area (Å²) in [6, 6.07) is 22.8. The van der Waals surface area contributed by atoms with Gasteiger partial charge in [-0.25, -0.2) is 0 Å². The van der Waals surface area contributed by atoms with Gasteiger partial charge in [-0.3, -0.25) is 19.7 Å². The van der Waals surface area contributed by atoms with Gasteiger partial charge >= 0.3 is 0 Å². The lowest BCUT2D eigenvalue weighted by Gasteiger charge is -2.32. The molecule has 0 aliphatic heterocycles. The monoisotopic (exact) mass is 549 g/mol. The number of methoxy groups -OCH3 is 1. The van der Waals surface area contributed by atoms with E-state index in [9.17, 15) is 19.7 Å². The standard InChI is InChI=1S/C30H35N3O5S/c1-22(2)18-31-30(35)28(17-23-8-5-4-6-9-23)32(19-25-10-7-11-27(16-25)38-3)29(34)21-39-20-24-12-14-26(15-13-24)33(36)37/h4-16,22,28H,17-21H2,1-3H3,(H,31,35)/t28-/m1/s1. The summed E-state index contributed by atoms with van der Waals surface area (Å²) in [7, 11) is 1.59. The minimum absolute atomic E-state index is 0.0282. The third-order valence-corrected chi connectivity index (χ3v) is 7.07. The summed E-state index contributed by atoms with van der Waals surface area (Å²) in [4.78, 5) is 39.4. The maximum Gasteiger partial charge on any atom is 0.269 e. The number of nitro benzene ring substituents is 1. The Morgan fingerprint density at radius 1 is 0.974 bits per heavy atom. The van der Waals surface area contributed by atoms with Crippen LogP contribution in [0.3, 0.4) is 0 Å². The topological polar surface area (TPSA) is 102 Å². The van der Waals surface area contributed by atoms with Crippen molar-refractivity contribution in [2.75, 3.05) is 19.4 Å². The number of non-ortho nitro benzene ring substituents is 1. The molecule has 0 fully saturated rings. The molecule has 3 aromatic rings. The Bertz CT molecular complexity index is 1230. The Kier molecular flexibility index (Phi) is 11.4. The molecule has 3 aromatic carbocycles. The molecule has 1 N–H and O–H groups in total. The summed E-state index contributed by atoms with van der Waals surface area (Å²) < 4.78 is 5.37. The van der Waals surface area contributed by atoms with Crippen LogP contribution in [0.5, 0.6) is 5.75 Å². The average Bonchev–Trinajstić information content (AvgIpc) is 2.94. The second-order valence-electron chi connectivity index (χ2n) is 9.63. The van der Waals surface area contributed by atoms with Gasteiger partial charge in [0.1, 0.15) is 11.8 Å². The first-order valence-corrected chi connectivity index (χ1v) is 14.0. The zero-order chi connectivity index (χ0) is 28.2. The van der Waals surface area contributed by atoms with Crippen molar-refractivity contribution in [3.63, 3.8) is 0 Å². The summed E-state index contributed by atoms with van der Waals surface area (Å²) in [6.45, 7) is 4.82. The number of thioether (sulfide) groups is 1. The van der Waals surface area contributed by atoms with E-state index in [1.807, 2.05) is 68.4 Å². The van der Waals surface area contributed by atoms with Gasteiger partial charge in [0.15, 0.2) is 0 Å². The quantitative estimate of drug-likeness (QED) is 0.218. The molecule has 3 rings (SSSR count). The fraction of sp³-hybridized carbons (Fsp3) is 0.333. The lowest BCUT2D eigenvalue weighted by Crippen LogP contribution is -2.51. The van der Waals surface area contributed by atoms with Crippen LogP contribution < -0.4 is 10.1 Å². The van der Waals surface area contributed by atoms with Gasteiger partial charge in [0.2, 0.25) is 11.8 Å². The molecule has 0 saturated carbocycles. The Morgan fingerprint density at radius 2 is 1.67 bits per heavy atom. The van der Waals surface area contributed by atoms with Crippen LogP contribution in [-0.2, 0) is 28.3 Å². The Morgan fingerprint density at radius 3 is 2.31 bits per heavy atom. The van der Waals surface area contributed by atoms with E-state index in [1.54, 1.807) is 24.1 Å². The van der Waals surface area contributed by atoms with E-state index in [0.717, 1.165) is 16.7 Å². The summed E-state index contributed by atoms with van der Waals surface area (Å²) in [5, 5.41) is 13.9. The van der Waals surface area contributed by atoms with Crippen molar-refractivity contribution >= 4 is 29.3 Å². The number of rotatable bonds is 14. The smallest absolute Gasteiger partial charge is 0.269 e. The van der Waals surface area contributed by atoms with Gasteiger partial charge in [0.25, 0.3) is 5.69 Å². The van der Waals surface area contributed by atoms with E-state index in [4.69, 9.17) is 4.74 Å². The molecule has 0 saturated heterocycles. The average molecular weight is 550 g/mol. The van der Waals surface area contributed by atoms with Crippen molar-refractivity contribution in [2.45, 2.75) is 38.6 Å². The van der Waals surface area contributed by atoms with Gasteiger partial charge in [0.05, 0.1) is 17.8 Å². The van der Waals surface area contributed by atoms with Crippen molar-refractivity contribution in [3.05, 3.63) is 106 Å². The molecule has 0 unspecified atom stereocenters. The highest BCUT2D eigenvalue weighted by molar-refractivity contribution is 7.99. The SMILES string of the molecule is COc1cccc(CN(C(=O)CSCc2ccc([N+](=O)[O-])cc2)[C@H](Cc2ccccc2)C(=O)NCC(C)C)c1. The Hall–Kier alpha value is -3.85. The van der Waals surface area contributed by atoms with Gasteiger partial charge in [-0.15, -0.1) is 11.8 Å². The van der Waals surface area contributed by atoms with Crippen molar-refractivity contribution in [1.82, 2.24) is 10.2 Å². The second-order valence-corrected chi connectivity index (χ2v) is 10.6. The number of benzene rings is 3. The van der Waals surface area contributed by atoms with Gasteiger partial charge in [0, 0.05) is 37.4 Å². The van der Waals surface area contributed by atoms with Crippen molar-refractivity contribution in [1.29, 1.82) is 0 Å². The second kappa shape index (κ2) is 14.9. The van der Waals surface area contributed by atoms with E-state index in [-0.39, 0.29) is 35.7 Å². The van der Waals surface area contributed by atoms with E-state index >= 15 is 0 Å². The van der Waals surface area contributed by atoms with Crippen molar-refractivity contribution < 1.29 is 19.2 Å². The fourth-order valence-corrected chi connectivity index (χ4v) is 4.87. The number of nitrogens with one attached hydrogen (secondary N) is 1. The highest BCUT2D eigenvalue weighted by Gasteiger charge is 2.30. The molecule has 1 atom stereocenters. The number of ether oxygens (including phenoxy) is 1. The molecule has 39 heavy (non-hydrogen) atoms. The molecular weight excluding hydrogens is 514 g/mol. The van der Waals surface area contributed by atoms with Gasteiger partial charge in [-0.05, 0) is 34.7 Å². The van der Waals surface area contributed by atoms with E-state index < -0.39 is 11.0 Å². The highest BCUT2D eigenvalue weighted by Crippen LogP contribution is 2.21. The largest absolute Gasteiger partial charge is 0.497 e. The molecule has 9 heteroatoms. The summed E-state index contributed by atoms with van der Waals surface area (Å²) in [5.74, 6) is 1.26. The molecular formula is C30H35N3O5S. The van der Waals surface area contributed by atoms with E-state index in [0.29, 0.717) is 24.5 Å². The summed E-state index contributed by atoms with van der Waals surface area (Å²) in [6.07, 6.45) is 0.382. The molecule has 0 bridgehead atoms. The van der Waals surface area contributed by atoms with Crippen LogP contribution >= 0.6 is 11.8 Å². The summed E-state index contributed by atoms with van der Waals surface area (Å²) >= 11 is 1.41. The number of carbonyl (C=O) groups excluding carboxylic acids is 2. The molecule has 8 nitrogen and oxygen atoms in total. The molecule has 0 aromatic heterocycles. The zero-order valence-electron chi connectivity index (χ0n) is 22.5. The molecule has 0 heterocycles. The minimum Gasteiger partial charge on any atom is -0.497 e. The predicted octanol–water partition coefficient (Wildman–Crippen LogP) is 5.25. The third kappa shape index (κ3) is 9.44. The molecule has 2 amide bonds. The van der Waals surface area contributed by atoms with Crippen LogP contribution in [-0.4, -0.2) is 47.1 Å². The normalized spacial score (nSPS) is 11.6. The predicted molar refractivity (Wildman–Crippen MR) is 155 cm³/mol. The first-order chi connectivity index (χ1) is 18.8. The fourth-order valence-electron chi connectivity index (χ4n) is 4.00. The van der Waals surface area contributed by atoms with Crippen LogP contribution in [0.25, 0.3) is 0 Å². The van der Waals surface area contributed by atoms with Crippen LogP contribution in [0.1, 0.15) is 30.5 Å². The molecule has 0 spiro atoms. The lowest BCUT2D eigenvalue weighted by atomic mass is 10.0. The zero-order valence-corrected chi connectivity index (χ0v) is 23.4. The van der Waals surface area contributed by atoms with Crippen LogP contribution in [0.2, 0.25) is 0 Å². The van der Waals surface area contributed by atoms with Crippen molar-refractivity contribution in [3.8, 4) is 5.75 Å². The number of hydrogen-bond donors (Lipinski definition) is 1. The molecule has 0 radical (unpaired) electrons. The Labute approximate surface area is 233 Å². The first kappa shape index (κ1) is 29.7. The van der Waals surface area contributed by atoms with Gasteiger partial charge in [-0.1, -0.05) is 68.4 Å². The maximum atomic E-state index is 13.7. The number of amides is 2. The van der Waals surface area contributed by atoms with E-state index in [1.165, 1.54) is 23.9 Å². The first-order valence-electron chi connectivity index (χ1n) is 12.8. The lowest BCUT2D eigenvalue weighted by molar-refractivity contribution is -0.384. The number of carbonyl (C=O) groups is 2. The maximum absolute atomic E-state index is 13.7. The molecule has 0 aliphatic rings. The summed E-state index contributed by atoms with van der Waals surface area (Å²) in [5.41, 5.74) is 2.73. The third-order valence-electron chi connectivity index (χ3n) is 6.08. The van der Waals surface area contributed by atoms with Crippen LogP contribution in [0.15, 0.2) is 78.9 Å². The highest BCUT2D eigenvalue weighted by atomic mass is 32.2. The van der Waals surface area contributed by atoms with Crippen molar-refractivity contribution in [2.24, 2.45) is 5.92 Å². The molecule has 206 valence electrons. The number of nitrogens with zero attached hydrogens (tertiary/aromatic N) is 2. The number of nitro groups is 1. The van der Waals surface area contributed by atoms with Crippen LogP contribution in [0.4, 0.5) is 5.69 Å². The number of hydrogen-bond acceptors (Lipinski definition) is 6. The Balaban J connectivity index is 1.83. The van der Waals surface area contributed by atoms with E-state index in [2.05, 4.69) is 5.32 Å². The van der Waals surface area contributed by atoms with Gasteiger partial charge in [-0.2, -0.15) is 0 Å². The minimum atomic E-state index is -0.704. The van der Waals surface area contributed by atoms with Crippen LogP contribution in [0, 0.1) is 16.0 Å². The molecule has 0 aliphatic carbocycles.